The van der Waals surface area contributed by atoms with Crippen molar-refractivity contribution in [1.29, 1.82) is 0 Å². The van der Waals surface area contributed by atoms with Crippen LogP contribution in [-0.4, -0.2) is 21.1 Å². The summed E-state index contributed by atoms with van der Waals surface area (Å²) in [7, 11) is 0. The third-order valence-electron chi connectivity index (χ3n) is 5.86. The first-order valence-electron chi connectivity index (χ1n) is 10.9. The number of hydrogen-bond donors (Lipinski definition) is 2. The van der Waals surface area contributed by atoms with E-state index in [2.05, 4.69) is 11.4 Å². The third-order valence-corrected chi connectivity index (χ3v) is 7.35. The number of benzene rings is 3. The highest BCUT2D eigenvalue weighted by atomic mass is 35.5. The third kappa shape index (κ3) is 4.33. The Balaban J connectivity index is 1.62. The zero-order valence-electron chi connectivity index (χ0n) is 17.6. The molecule has 0 spiro atoms. The number of fused-ring (bicyclic) bond motifs is 1. The fraction of sp³-hybridized carbons (Fsp3) is 0.231. The van der Waals surface area contributed by atoms with Crippen molar-refractivity contribution < 1.29 is 5.11 Å². The summed E-state index contributed by atoms with van der Waals surface area (Å²) in [5, 5.41) is 15.1. The number of aliphatic hydroxyl groups excluding tert-OH is 1. The van der Waals surface area contributed by atoms with Crippen molar-refractivity contribution in [2.45, 2.75) is 48.1 Å². The first-order valence-corrected chi connectivity index (χ1v) is 12.1. The molecule has 1 aliphatic carbocycles. The minimum atomic E-state index is -0.0129. The molecule has 0 bridgehead atoms. The SMILES string of the molecule is OCc1ccccc1Sc1cccc(Cl)c1-c1nc(NC2CCCC2)c2ccccc2n1. The van der Waals surface area contributed by atoms with Crippen LogP contribution in [0.3, 0.4) is 0 Å². The lowest BCUT2D eigenvalue weighted by Gasteiger charge is -2.17. The van der Waals surface area contributed by atoms with Crippen LogP contribution in [-0.2, 0) is 6.61 Å². The maximum Gasteiger partial charge on any atom is 0.164 e. The van der Waals surface area contributed by atoms with Gasteiger partial charge in [0.2, 0.25) is 0 Å². The fourth-order valence-corrected chi connectivity index (χ4v) is 5.63. The highest BCUT2D eigenvalue weighted by Gasteiger charge is 2.20. The van der Waals surface area contributed by atoms with Gasteiger partial charge in [-0.2, -0.15) is 0 Å². The molecule has 0 unspecified atom stereocenters. The molecule has 4 aromatic rings. The van der Waals surface area contributed by atoms with Crippen LogP contribution in [0.15, 0.2) is 76.5 Å². The zero-order valence-corrected chi connectivity index (χ0v) is 19.2. The Bertz CT molecular complexity index is 1260. The first-order chi connectivity index (χ1) is 15.7. The second kappa shape index (κ2) is 9.49. The summed E-state index contributed by atoms with van der Waals surface area (Å²) >= 11 is 8.29. The molecule has 0 radical (unpaired) electrons. The predicted octanol–water partition coefficient (Wildman–Crippen LogP) is 6.95. The molecule has 6 heteroatoms. The standard InChI is InChI=1S/C26H24ClN3OS/c27-20-12-7-15-23(32-22-14-6-1-8-17(22)16-31)24(20)26-29-21-13-5-4-11-19(21)25(30-26)28-18-9-2-3-10-18/h1,4-8,11-15,18,31H,2-3,9-10,16H2,(H,28,29,30). The normalized spacial score (nSPS) is 14.2. The smallest absolute Gasteiger partial charge is 0.164 e. The zero-order chi connectivity index (χ0) is 21.9. The maximum absolute atomic E-state index is 9.76. The number of hydrogen-bond acceptors (Lipinski definition) is 5. The quantitative estimate of drug-likeness (QED) is 0.325. The van der Waals surface area contributed by atoms with Gasteiger partial charge >= 0.3 is 0 Å². The number of nitrogens with zero attached hydrogens (tertiary/aromatic N) is 2. The number of anilines is 1. The van der Waals surface area contributed by atoms with Crippen LogP contribution in [0, 0.1) is 0 Å². The number of halogens is 1. The maximum atomic E-state index is 9.76. The minimum absolute atomic E-state index is 0.0129. The number of nitrogens with one attached hydrogen (secondary N) is 1. The summed E-state index contributed by atoms with van der Waals surface area (Å²) in [6.45, 7) is -0.0129. The van der Waals surface area contributed by atoms with Gasteiger partial charge in [0.15, 0.2) is 5.82 Å². The van der Waals surface area contributed by atoms with Crippen molar-refractivity contribution in [1.82, 2.24) is 9.97 Å². The van der Waals surface area contributed by atoms with Gasteiger partial charge in [-0.3, -0.25) is 0 Å². The van der Waals surface area contributed by atoms with Crippen molar-refractivity contribution in [3.63, 3.8) is 0 Å². The molecule has 1 saturated carbocycles. The van der Waals surface area contributed by atoms with Gasteiger partial charge in [-0.05, 0) is 48.7 Å². The van der Waals surface area contributed by atoms with Crippen molar-refractivity contribution in [3.05, 3.63) is 77.3 Å². The van der Waals surface area contributed by atoms with Crippen LogP contribution in [0.5, 0.6) is 0 Å². The molecule has 1 fully saturated rings. The van der Waals surface area contributed by atoms with Crippen LogP contribution >= 0.6 is 23.4 Å². The van der Waals surface area contributed by atoms with Crippen molar-refractivity contribution in [2.75, 3.05) is 5.32 Å². The average molecular weight is 462 g/mol. The van der Waals surface area contributed by atoms with E-state index in [0.717, 1.165) is 37.6 Å². The van der Waals surface area contributed by atoms with Gasteiger partial charge in [0.25, 0.3) is 0 Å². The molecule has 1 aromatic heterocycles. The monoisotopic (exact) mass is 461 g/mol. The predicted molar refractivity (Wildman–Crippen MR) is 132 cm³/mol. The number of aliphatic hydroxyl groups is 1. The lowest BCUT2D eigenvalue weighted by atomic mass is 10.1. The van der Waals surface area contributed by atoms with Gasteiger partial charge in [0.1, 0.15) is 5.82 Å². The van der Waals surface area contributed by atoms with E-state index in [1.165, 1.54) is 25.7 Å². The topological polar surface area (TPSA) is 58.0 Å². The fourth-order valence-electron chi connectivity index (χ4n) is 4.22. The van der Waals surface area contributed by atoms with Gasteiger partial charge in [-0.25, -0.2) is 9.97 Å². The van der Waals surface area contributed by atoms with Gasteiger partial charge in [0.05, 0.1) is 22.7 Å². The van der Waals surface area contributed by atoms with Gasteiger partial charge in [-0.1, -0.05) is 72.6 Å². The lowest BCUT2D eigenvalue weighted by molar-refractivity contribution is 0.279. The summed E-state index contributed by atoms with van der Waals surface area (Å²) in [5.74, 6) is 1.47. The number of aromatic nitrogens is 2. The summed E-state index contributed by atoms with van der Waals surface area (Å²) in [4.78, 5) is 11.8. The molecule has 4 nitrogen and oxygen atoms in total. The molecule has 1 heterocycles. The molecule has 5 rings (SSSR count). The summed E-state index contributed by atoms with van der Waals surface area (Å²) in [6, 6.07) is 22.2. The summed E-state index contributed by atoms with van der Waals surface area (Å²) in [5.41, 5.74) is 2.59. The Labute approximate surface area is 197 Å². The molecule has 32 heavy (non-hydrogen) atoms. The highest BCUT2D eigenvalue weighted by Crippen LogP contribution is 2.41. The molecule has 162 valence electrons. The summed E-state index contributed by atoms with van der Waals surface area (Å²) in [6.07, 6.45) is 4.84. The second-order valence-electron chi connectivity index (χ2n) is 8.02. The van der Waals surface area contributed by atoms with Crippen LogP contribution in [0.25, 0.3) is 22.3 Å². The molecule has 0 amide bonds. The largest absolute Gasteiger partial charge is 0.392 e. The van der Waals surface area contributed by atoms with E-state index in [1.54, 1.807) is 11.8 Å². The first kappa shape index (κ1) is 21.3. The minimum Gasteiger partial charge on any atom is -0.392 e. The Hall–Kier alpha value is -2.60. The molecule has 0 saturated heterocycles. The molecule has 0 atom stereocenters. The summed E-state index contributed by atoms with van der Waals surface area (Å²) < 4.78 is 0. The van der Waals surface area contributed by atoms with E-state index in [1.807, 2.05) is 60.7 Å². The number of rotatable bonds is 6. The van der Waals surface area contributed by atoms with E-state index in [-0.39, 0.29) is 6.61 Å². The molecule has 0 aliphatic heterocycles. The van der Waals surface area contributed by atoms with Crippen molar-refractivity contribution in [2.24, 2.45) is 0 Å². The molecular formula is C26H24ClN3OS. The van der Waals surface area contributed by atoms with Crippen molar-refractivity contribution in [3.8, 4) is 11.4 Å². The average Bonchev–Trinajstić information content (AvgIpc) is 3.33. The highest BCUT2D eigenvalue weighted by molar-refractivity contribution is 7.99. The molecule has 1 aliphatic rings. The van der Waals surface area contributed by atoms with E-state index >= 15 is 0 Å². The second-order valence-corrected chi connectivity index (χ2v) is 9.51. The Kier molecular flexibility index (Phi) is 6.30. The van der Waals surface area contributed by atoms with Crippen LogP contribution in [0.2, 0.25) is 5.02 Å². The van der Waals surface area contributed by atoms with Gasteiger partial charge in [-0.15, -0.1) is 0 Å². The van der Waals surface area contributed by atoms with E-state index in [4.69, 9.17) is 21.6 Å². The Morgan fingerprint density at radius 3 is 2.50 bits per heavy atom. The van der Waals surface area contributed by atoms with Gasteiger partial charge in [0, 0.05) is 21.2 Å². The van der Waals surface area contributed by atoms with Crippen LogP contribution < -0.4 is 5.32 Å². The molecular weight excluding hydrogens is 438 g/mol. The molecule has 2 N–H and O–H groups in total. The Morgan fingerprint density at radius 2 is 1.66 bits per heavy atom. The number of para-hydroxylation sites is 1. The van der Waals surface area contributed by atoms with E-state index in [0.29, 0.717) is 16.9 Å². The van der Waals surface area contributed by atoms with E-state index in [9.17, 15) is 5.11 Å². The van der Waals surface area contributed by atoms with Crippen LogP contribution in [0.4, 0.5) is 5.82 Å². The van der Waals surface area contributed by atoms with Crippen molar-refractivity contribution >= 4 is 40.1 Å². The van der Waals surface area contributed by atoms with E-state index < -0.39 is 0 Å². The molecule has 3 aromatic carbocycles. The van der Waals surface area contributed by atoms with Crippen LogP contribution in [0.1, 0.15) is 31.2 Å². The lowest BCUT2D eigenvalue weighted by Crippen LogP contribution is -2.16. The van der Waals surface area contributed by atoms with Gasteiger partial charge < -0.3 is 10.4 Å². The Morgan fingerprint density at radius 1 is 0.906 bits per heavy atom.